The molecule has 2 aromatic carbocycles. The first-order valence-corrected chi connectivity index (χ1v) is 10.8. The Morgan fingerprint density at radius 1 is 1.07 bits per heavy atom. The van der Waals surface area contributed by atoms with E-state index in [9.17, 15) is 13.2 Å². The highest BCUT2D eigenvalue weighted by Crippen LogP contribution is 2.26. The van der Waals surface area contributed by atoms with Crippen molar-refractivity contribution in [2.24, 2.45) is 0 Å². The SMILES string of the molecule is Cc1cc(OCC(=O)Nc2ccc(S(=O)(=O)Nc3cccnc3)cc2)cc(C)c1Cl. The van der Waals surface area contributed by atoms with Crippen LogP contribution < -0.4 is 14.8 Å². The molecule has 0 aliphatic heterocycles. The van der Waals surface area contributed by atoms with Crippen LogP contribution in [-0.2, 0) is 14.8 Å². The molecule has 0 atom stereocenters. The lowest BCUT2D eigenvalue weighted by molar-refractivity contribution is -0.118. The highest BCUT2D eigenvalue weighted by Gasteiger charge is 2.14. The first-order valence-electron chi connectivity index (χ1n) is 8.97. The molecule has 0 saturated carbocycles. The summed E-state index contributed by atoms with van der Waals surface area (Å²) in [5, 5.41) is 3.33. The Bertz CT molecular complexity index is 1130. The second-order valence-electron chi connectivity index (χ2n) is 6.58. The van der Waals surface area contributed by atoms with Gasteiger partial charge in [0.15, 0.2) is 6.61 Å². The van der Waals surface area contributed by atoms with E-state index < -0.39 is 10.0 Å². The minimum atomic E-state index is -3.75. The van der Waals surface area contributed by atoms with Gasteiger partial charge in [-0.25, -0.2) is 8.42 Å². The van der Waals surface area contributed by atoms with E-state index in [2.05, 4.69) is 15.0 Å². The van der Waals surface area contributed by atoms with Crippen molar-refractivity contribution in [2.45, 2.75) is 18.7 Å². The fourth-order valence-corrected chi connectivity index (χ4v) is 3.84. The standard InChI is InChI=1S/C21H20ClN3O4S/c1-14-10-18(11-15(2)21(14)22)29-13-20(26)24-16-5-7-19(8-6-16)30(27,28)25-17-4-3-9-23-12-17/h3-12,25H,13H2,1-2H3,(H,24,26). The molecular formula is C21H20ClN3O4S. The number of sulfonamides is 1. The molecule has 30 heavy (non-hydrogen) atoms. The molecule has 1 heterocycles. The number of nitrogens with zero attached hydrogens (tertiary/aromatic N) is 1. The number of ether oxygens (including phenoxy) is 1. The van der Waals surface area contributed by atoms with Crippen LogP contribution in [0.25, 0.3) is 0 Å². The minimum absolute atomic E-state index is 0.0627. The van der Waals surface area contributed by atoms with E-state index in [1.54, 1.807) is 30.5 Å². The van der Waals surface area contributed by atoms with Crippen molar-refractivity contribution >= 4 is 38.9 Å². The van der Waals surface area contributed by atoms with Crippen LogP contribution in [0.4, 0.5) is 11.4 Å². The smallest absolute Gasteiger partial charge is 0.262 e. The Kier molecular flexibility index (Phi) is 6.59. The van der Waals surface area contributed by atoms with Gasteiger partial charge in [-0.1, -0.05) is 11.6 Å². The zero-order valence-corrected chi connectivity index (χ0v) is 17.9. The number of amides is 1. The van der Waals surface area contributed by atoms with Crippen LogP contribution in [0.2, 0.25) is 5.02 Å². The van der Waals surface area contributed by atoms with E-state index in [-0.39, 0.29) is 17.4 Å². The maximum atomic E-state index is 12.4. The van der Waals surface area contributed by atoms with Gasteiger partial charge in [-0.15, -0.1) is 0 Å². The lowest BCUT2D eigenvalue weighted by Crippen LogP contribution is -2.20. The van der Waals surface area contributed by atoms with E-state index in [4.69, 9.17) is 16.3 Å². The zero-order chi connectivity index (χ0) is 21.7. The number of anilines is 2. The van der Waals surface area contributed by atoms with Crippen molar-refractivity contribution in [1.82, 2.24) is 4.98 Å². The molecule has 2 N–H and O–H groups in total. The van der Waals surface area contributed by atoms with Gasteiger partial charge in [-0.05, 0) is 73.5 Å². The molecule has 0 bridgehead atoms. The van der Waals surface area contributed by atoms with Crippen molar-refractivity contribution in [1.29, 1.82) is 0 Å². The number of aryl methyl sites for hydroxylation is 2. The van der Waals surface area contributed by atoms with Gasteiger partial charge in [-0.2, -0.15) is 0 Å². The summed E-state index contributed by atoms with van der Waals surface area (Å²) in [6.07, 6.45) is 2.96. The van der Waals surface area contributed by atoms with E-state index in [1.807, 2.05) is 13.8 Å². The van der Waals surface area contributed by atoms with Crippen LogP contribution in [0.1, 0.15) is 11.1 Å². The van der Waals surface area contributed by atoms with Crippen molar-refractivity contribution in [3.63, 3.8) is 0 Å². The van der Waals surface area contributed by atoms with Gasteiger partial charge in [0.05, 0.1) is 16.8 Å². The van der Waals surface area contributed by atoms with Crippen LogP contribution in [0.5, 0.6) is 5.75 Å². The number of rotatable bonds is 7. The highest BCUT2D eigenvalue weighted by atomic mass is 35.5. The Labute approximate surface area is 180 Å². The monoisotopic (exact) mass is 445 g/mol. The molecule has 0 aliphatic carbocycles. The Morgan fingerprint density at radius 3 is 2.33 bits per heavy atom. The first-order chi connectivity index (χ1) is 14.2. The minimum Gasteiger partial charge on any atom is -0.484 e. The van der Waals surface area contributed by atoms with Crippen LogP contribution in [-0.4, -0.2) is 25.9 Å². The Hall–Kier alpha value is -3.10. The second-order valence-corrected chi connectivity index (χ2v) is 8.64. The molecule has 0 fully saturated rings. The molecule has 0 saturated heterocycles. The average molecular weight is 446 g/mol. The summed E-state index contributed by atoms with van der Waals surface area (Å²) in [6, 6.07) is 12.6. The third-order valence-corrected chi connectivity index (χ3v) is 6.14. The van der Waals surface area contributed by atoms with Gasteiger partial charge in [0, 0.05) is 16.9 Å². The summed E-state index contributed by atoms with van der Waals surface area (Å²) >= 11 is 6.12. The fraction of sp³-hybridized carbons (Fsp3) is 0.143. The fourth-order valence-electron chi connectivity index (χ4n) is 2.69. The van der Waals surface area contributed by atoms with Crippen molar-refractivity contribution in [2.75, 3.05) is 16.6 Å². The number of pyridine rings is 1. The number of carbonyl (C=O) groups excluding carboxylic acids is 1. The molecule has 7 nitrogen and oxygen atoms in total. The molecule has 0 spiro atoms. The van der Waals surface area contributed by atoms with Gasteiger partial charge in [-0.3, -0.25) is 14.5 Å². The summed E-state index contributed by atoms with van der Waals surface area (Å²) < 4.78 is 32.8. The zero-order valence-electron chi connectivity index (χ0n) is 16.3. The number of benzene rings is 2. The summed E-state index contributed by atoms with van der Waals surface area (Å²) in [7, 11) is -3.75. The number of carbonyl (C=O) groups is 1. The molecule has 9 heteroatoms. The molecule has 0 aliphatic rings. The number of halogens is 1. The van der Waals surface area contributed by atoms with Crippen molar-refractivity contribution in [3.05, 3.63) is 77.1 Å². The topological polar surface area (TPSA) is 97.4 Å². The number of nitrogens with one attached hydrogen (secondary N) is 2. The number of hydrogen-bond donors (Lipinski definition) is 2. The Morgan fingerprint density at radius 2 is 1.73 bits per heavy atom. The van der Waals surface area contributed by atoms with E-state index in [0.29, 0.717) is 22.1 Å². The molecule has 1 aromatic heterocycles. The summed E-state index contributed by atoms with van der Waals surface area (Å²) in [4.78, 5) is 16.1. The molecule has 3 rings (SSSR count). The quantitative estimate of drug-likeness (QED) is 0.568. The molecule has 0 radical (unpaired) electrons. The first kappa shape index (κ1) is 21.6. The van der Waals surface area contributed by atoms with Gasteiger partial charge in [0.25, 0.3) is 15.9 Å². The normalized spacial score (nSPS) is 11.0. The predicted octanol–water partition coefficient (Wildman–Crippen LogP) is 4.17. The maximum Gasteiger partial charge on any atom is 0.262 e. The van der Waals surface area contributed by atoms with Crippen LogP contribution in [0.15, 0.2) is 65.8 Å². The Balaban J connectivity index is 1.59. The third-order valence-electron chi connectivity index (χ3n) is 4.14. The van der Waals surface area contributed by atoms with Crippen molar-refractivity contribution in [3.8, 4) is 5.75 Å². The molecule has 1 amide bonds. The second kappa shape index (κ2) is 9.15. The van der Waals surface area contributed by atoms with E-state index >= 15 is 0 Å². The molecule has 0 unspecified atom stereocenters. The van der Waals surface area contributed by atoms with Crippen LogP contribution in [0, 0.1) is 13.8 Å². The van der Waals surface area contributed by atoms with Gasteiger partial charge in [0.2, 0.25) is 0 Å². The molecular weight excluding hydrogens is 426 g/mol. The number of aromatic nitrogens is 1. The van der Waals surface area contributed by atoms with Crippen LogP contribution >= 0.6 is 11.6 Å². The van der Waals surface area contributed by atoms with Gasteiger partial charge >= 0.3 is 0 Å². The third kappa shape index (κ3) is 5.49. The van der Waals surface area contributed by atoms with Crippen LogP contribution in [0.3, 0.4) is 0 Å². The highest BCUT2D eigenvalue weighted by molar-refractivity contribution is 7.92. The molecule has 156 valence electrons. The summed E-state index contributed by atoms with van der Waals surface area (Å²) in [6.45, 7) is 3.53. The molecule has 3 aromatic rings. The maximum absolute atomic E-state index is 12.4. The van der Waals surface area contributed by atoms with E-state index in [1.165, 1.54) is 30.5 Å². The van der Waals surface area contributed by atoms with Crippen molar-refractivity contribution < 1.29 is 17.9 Å². The van der Waals surface area contributed by atoms with Gasteiger partial charge < -0.3 is 10.1 Å². The largest absolute Gasteiger partial charge is 0.484 e. The average Bonchev–Trinajstić information content (AvgIpc) is 2.71. The lowest BCUT2D eigenvalue weighted by Gasteiger charge is -2.11. The predicted molar refractivity (Wildman–Crippen MR) is 117 cm³/mol. The van der Waals surface area contributed by atoms with Gasteiger partial charge in [0.1, 0.15) is 5.75 Å². The number of hydrogen-bond acceptors (Lipinski definition) is 5. The summed E-state index contributed by atoms with van der Waals surface area (Å²) in [5.41, 5.74) is 2.54. The summed E-state index contributed by atoms with van der Waals surface area (Å²) in [5.74, 6) is 0.178. The van der Waals surface area contributed by atoms with E-state index in [0.717, 1.165) is 11.1 Å². The lowest BCUT2D eigenvalue weighted by atomic mass is 10.1.